The van der Waals surface area contributed by atoms with Gasteiger partial charge in [-0.15, -0.1) is 5.10 Å². The second-order valence-corrected chi connectivity index (χ2v) is 9.10. The molecule has 1 aromatic heterocycles. The SMILES string of the molecule is CN(C)c1ccc([C@H](c2nnnn2C[C@@H]2CCCO2)N2CCN(c3ccccc3)CC2)cc1. The van der Waals surface area contributed by atoms with Gasteiger partial charge in [-0.3, -0.25) is 4.90 Å². The maximum Gasteiger partial charge on any atom is 0.173 e. The minimum absolute atomic E-state index is 0.00976. The molecule has 33 heavy (non-hydrogen) atoms. The van der Waals surface area contributed by atoms with Gasteiger partial charge in [-0.25, -0.2) is 4.68 Å². The molecule has 8 nitrogen and oxygen atoms in total. The van der Waals surface area contributed by atoms with Crippen molar-refractivity contribution in [2.24, 2.45) is 0 Å². The van der Waals surface area contributed by atoms with Crippen LogP contribution in [0.2, 0.25) is 0 Å². The minimum Gasteiger partial charge on any atom is -0.378 e. The van der Waals surface area contributed by atoms with Crippen molar-refractivity contribution >= 4 is 11.4 Å². The van der Waals surface area contributed by atoms with E-state index < -0.39 is 0 Å². The van der Waals surface area contributed by atoms with Crippen LogP contribution >= 0.6 is 0 Å². The van der Waals surface area contributed by atoms with E-state index in [2.05, 4.69) is 98.9 Å². The lowest BCUT2D eigenvalue weighted by atomic mass is 10.0. The molecule has 174 valence electrons. The maximum atomic E-state index is 5.88. The molecule has 0 aliphatic carbocycles. The molecule has 0 amide bonds. The second-order valence-electron chi connectivity index (χ2n) is 9.10. The average molecular weight is 448 g/mol. The number of hydrogen-bond donors (Lipinski definition) is 0. The zero-order valence-electron chi connectivity index (χ0n) is 19.5. The van der Waals surface area contributed by atoms with Crippen molar-refractivity contribution in [2.75, 3.05) is 56.7 Å². The predicted molar refractivity (Wildman–Crippen MR) is 130 cm³/mol. The molecule has 3 heterocycles. The summed E-state index contributed by atoms with van der Waals surface area (Å²) in [6.07, 6.45) is 2.37. The summed E-state index contributed by atoms with van der Waals surface area (Å²) in [6.45, 7) is 5.38. The fraction of sp³-hybridized carbons (Fsp3) is 0.480. The molecule has 8 heteroatoms. The van der Waals surface area contributed by atoms with Crippen LogP contribution in [0.25, 0.3) is 0 Å². The molecule has 0 radical (unpaired) electrons. The zero-order chi connectivity index (χ0) is 22.6. The molecule has 2 aliphatic rings. The molecule has 0 unspecified atom stereocenters. The van der Waals surface area contributed by atoms with Crippen LogP contribution in [0.1, 0.15) is 30.3 Å². The first-order chi connectivity index (χ1) is 16.2. The van der Waals surface area contributed by atoms with Gasteiger partial charge in [0.25, 0.3) is 0 Å². The summed E-state index contributed by atoms with van der Waals surface area (Å²) in [5.74, 6) is 0.899. The number of hydrogen-bond acceptors (Lipinski definition) is 7. The lowest BCUT2D eigenvalue weighted by molar-refractivity contribution is 0.0906. The molecule has 2 atom stereocenters. The van der Waals surface area contributed by atoms with E-state index in [9.17, 15) is 0 Å². The fourth-order valence-corrected chi connectivity index (χ4v) is 4.87. The van der Waals surface area contributed by atoms with Gasteiger partial charge in [-0.05, 0) is 53.1 Å². The van der Waals surface area contributed by atoms with E-state index >= 15 is 0 Å². The van der Waals surface area contributed by atoms with Gasteiger partial charge in [0.05, 0.1) is 18.7 Å². The molecule has 0 saturated carbocycles. The van der Waals surface area contributed by atoms with Crippen molar-refractivity contribution in [3.05, 3.63) is 66.0 Å². The molecule has 0 bridgehead atoms. The summed E-state index contributed by atoms with van der Waals surface area (Å²) in [4.78, 5) is 7.10. The third kappa shape index (κ3) is 4.86. The van der Waals surface area contributed by atoms with E-state index in [1.54, 1.807) is 0 Å². The van der Waals surface area contributed by atoms with Gasteiger partial charge in [0, 0.05) is 58.3 Å². The number of ether oxygens (including phenoxy) is 1. The van der Waals surface area contributed by atoms with Crippen LogP contribution in [0.15, 0.2) is 54.6 Å². The number of piperazine rings is 1. The Morgan fingerprint density at radius 2 is 1.76 bits per heavy atom. The Morgan fingerprint density at radius 3 is 2.42 bits per heavy atom. The Labute approximate surface area is 195 Å². The quantitative estimate of drug-likeness (QED) is 0.552. The molecule has 5 rings (SSSR count). The first-order valence-corrected chi connectivity index (χ1v) is 11.9. The highest BCUT2D eigenvalue weighted by Gasteiger charge is 2.31. The van der Waals surface area contributed by atoms with E-state index in [4.69, 9.17) is 4.74 Å². The lowest BCUT2D eigenvalue weighted by Crippen LogP contribution is -2.48. The summed E-state index contributed by atoms with van der Waals surface area (Å²) in [6, 6.07) is 19.5. The third-order valence-electron chi connectivity index (χ3n) is 6.73. The lowest BCUT2D eigenvalue weighted by Gasteiger charge is -2.40. The van der Waals surface area contributed by atoms with Crippen molar-refractivity contribution in [3.8, 4) is 0 Å². The van der Waals surface area contributed by atoms with Gasteiger partial charge in [0.15, 0.2) is 5.82 Å². The van der Waals surface area contributed by atoms with Crippen LogP contribution in [0.5, 0.6) is 0 Å². The van der Waals surface area contributed by atoms with Crippen molar-refractivity contribution in [1.29, 1.82) is 0 Å². The first-order valence-electron chi connectivity index (χ1n) is 11.9. The van der Waals surface area contributed by atoms with Gasteiger partial charge in [0.1, 0.15) is 0 Å². The molecule has 2 aromatic carbocycles. The summed E-state index contributed by atoms with van der Waals surface area (Å²) >= 11 is 0. The average Bonchev–Trinajstić information content (AvgIpc) is 3.54. The molecule has 2 saturated heterocycles. The highest BCUT2D eigenvalue weighted by molar-refractivity contribution is 5.48. The summed E-state index contributed by atoms with van der Waals surface area (Å²) < 4.78 is 7.84. The Bertz CT molecular complexity index is 1010. The highest BCUT2D eigenvalue weighted by atomic mass is 16.5. The molecule has 2 fully saturated rings. The molecule has 3 aromatic rings. The monoisotopic (exact) mass is 447 g/mol. The standard InChI is InChI=1S/C25H33N7O/c1-29(2)21-12-10-20(11-13-21)24(25-26-27-28-32(25)19-23-9-6-18-33-23)31-16-14-30(15-17-31)22-7-4-3-5-8-22/h3-5,7-8,10-13,23-24H,6,9,14-19H2,1-2H3/t23-,24+/m0/s1. The van der Waals surface area contributed by atoms with Crippen LogP contribution in [0, 0.1) is 0 Å². The normalized spacial score (nSPS) is 20.2. The number of para-hydroxylation sites is 1. The van der Waals surface area contributed by atoms with Gasteiger partial charge in [-0.2, -0.15) is 0 Å². The van der Waals surface area contributed by atoms with E-state index in [0.717, 1.165) is 51.5 Å². The van der Waals surface area contributed by atoms with Crippen LogP contribution < -0.4 is 9.80 Å². The molecule has 0 spiro atoms. The van der Waals surface area contributed by atoms with E-state index in [1.165, 1.54) is 16.9 Å². The molecular formula is C25H33N7O. The van der Waals surface area contributed by atoms with Crippen molar-refractivity contribution in [1.82, 2.24) is 25.1 Å². The Balaban J connectivity index is 1.41. The summed E-state index contributed by atoms with van der Waals surface area (Å²) in [7, 11) is 4.13. The van der Waals surface area contributed by atoms with E-state index in [1.807, 2.05) is 4.68 Å². The van der Waals surface area contributed by atoms with Gasteiger partial charge < -0.3 is 14.5 Å². The fourth-order valence-electron chi connectivity index (χ4n) is 4.87. The predicted octanol–water partition coefficient (Wildman–Crippen LogP) is 2.83. The van der Waals surface area contributed by atoms with E-state index in [0.29, 0.717) is 6.54 Å². The summed E-state index contributed by atoms with van der Waals surface area (Å²) in [5.41, 5.74) is 3.69. The second kappa shape index (κ2) is 9.89. The Hall–Kier alpha value is -2.97. The van der Waals surface area contributed by atoms with Crippen molar-refractivity contribution < 1.29 is 4.74 Å². The Morgan fingerprint density at radius 1 is 1.00 bits per heavy atom. The third-order valence-corrected chi connectivity index (χ3v) is 6.73. The zero-order valence-corrected chi connectivity index (χ0v) is 19.5. The van der Waals surface area contributed by atoms with Crippen LogP contribution in [-0.2, 0) is 11.3 Å². The number of rotatable bonds is 7. The van der Waals surface area contributed by atoms with E-state index in [-0.39, 0.29) is 12.1 Å². The van der Waals surface area contributed by atoms with Crippen molar-refractivity contribution in [2.45, 2.75) is 31.5 Å². The Kier molecular flexibility index (Phi) is 6.55. The van der Waals surface area contributed by atoms with Crippen molar-refractivity contribution in [3.63, 3.8) is 0 Å². The number of nitrogens with zero attached hydrogens (tertiary/aromatic N) is 7. The number of benzene rings is 2. The number of anilines is 2. The first kappa shape index (κ1) is 21.9. The number of tetrazole rings is 1. The number of aromatic nitrogens is 4. The molecule has 2 aliphatic heterocycles. The minimum atomic E-state index is 0.00976. The smallest absolute Gasteiger partial charge is 0.173 e. The highest BCUT2D eigenvalue weighted by Crippen LogP contribution is 2.31. The molecular weight excluding hydrogens is 414 g/mol. The summed E-state index contributed by atoms with van der Waals surface area (Å²) in [5, 5.41) is 13.0. The molecule has 0 N–H and O–H groups in total. The van der Waals surface area contributed by atoms with Gasteiger partial charge in [-0.1, -0.05) is 30.3 Å². The van der Waals surface area contributed by atoms with Gasteiger partial charge in [0.2, 0.25) is 0 Å². The largest absolute Gasteiger partial charge is 0.378 e. The van der Waals surface area contributed by atoms with Crippen LogP contribution in [0.4, 0.5) is 11.4 Å². The van der Waals surface area contributed by atoms with Gasteiger partial charge >= 0.3 is 0 Å². The van der Waals surface area contributed by atoms with Crippen LogP contribution in [-0.4, -0.2) is 78.1 Å². The van der Waals surface area contributed by atoms with Crippen LogP contribution in [0.3, 0.4) is 0 Å². The topological polar surface area (TPSA) is 62.6 Å². The maximum absolute atomic E-state index is 5.88.